The molecule has 0 spiro atoms. The lowest BCUT2D eigenvalue weighted by molar-refractivity contribution is 0.301. The van der Waals surface area contributed by atoms with Gasteiger partial charge in [0.1, 0.15) is 17.2 Å². The van der Waals surface area contributed by atoms with Gasteiger partial charge in [0, 0.05) is 11.6 Å². The SMILES string of the molecule is CCCCCCCCOc1cnc(-c2cccc(C(C)(C)C)c2O[Si](c2ccccc2)c2ccccc2)c(F)c1. The zero-order valence-corrected chi connectivity index (χ0v) is 25.3. The van der Waals surface area contributed by atoms with E-state index >= 15 is 4.39 Å². The van der Waals surface area contributed by atoms with Crippen LogP contribution in [0, 0.1) is 5.82 Å². The number of ether oxygens (including phenoxy) is 1. The number of pyridine rings is 1. The number of aromatic nitrogens is 1. The van der Waals surface area contributed by atoms with Crippen LogP contribution in [0.2, 0.25) is 0 Å². The van der Waals surface area contributed by atoms with Gasteiger partial charge in [-0.15, -0.1) is 0 Å². The predicted octanol–water partition coefficient (Wildman–Crippen LogP) is 8.11. The highest BCUT2D eigenvalue weighted by Gasteiger charge is 2.29. The van der Waals surface area contributed by atoms with Crippen molar-refractivity contribution in [3.8, 4) is 22.8 Å². The minimum atomic E-state index is -1.68. The Labute approximate surface area is 241 Å². The fourth-order valence-corrected chi connectivity index (χ4v) is 6.74. The molecule has 40 heavy (non-hydrogen) atoms. The Morgan fingerprint density at radius 2 is 1.40 bits per heavy atom. The molecule has 3 aromatic carbocycles. The molecule has 3 nitrogen and oxygen atoms in total. The first kappa shape index (κ1) is 29.5. The van der Waals surface area contributed by atoms with Gasteiger partial charge in [-0.2, -0.15) is 0 Å². The Morgan fingerprint density at radius 1 is 0.775 bits per heavy atom. The highest BCUT2D eigenvalue weighted by molar-refractivity contribution is 6.80. The number of rotatable bonds is 13. The zero-order chi connectivity index (χ0) is 28.4. The average Bonchev–Trinajstić information content (AvgIpc) is 2.96. The molecule has 0 fully saturated rings. The van der Waals surface area contributed by atoms with Gasteiger partial charge in [0.2, 0.25) is 0 Å². The summed E-state index contributed by atoms with van der Waals surface area (Å²) in [5.41, 5.74) is 1.73. The summed E-state index contributed by atoms with van der Waals surface area (Å²) in [6.07, 6.45) is 8.70. The van der Waals surface area contributed by atoms with E-state index in [2.05, 4.69) is 63.0 Å². The largest absolute Gasteiger partial charge is 0.532 e. The van der Waals surface area contributed by atoms with Gasteiger partial charge in [-0.1, -0.05) is 133 Å². The highest BCUT2D eigenvalue weighted by Crippen LogP contribution is 2.40. The van der Waals surface area contributed by atoms with E-state index < -0.39 is 14.9 Å². The van der Waals surface area contributed by atoms with Crippen LogP contribution in [0.4, 0.5) is 4.39 Å². The maximum atomic E-state index is 15.7. The third kappa shape index (κ3) is 7.82. The van der Waals surface area contributed by atoms with Crippen molar-refractivity contribution in [1.29, 1.82) is 0 Å². The summed E-state index contributed by atoms with van der Waals surface area (Å²) in [5, 5.41) is 2.25. The molecule has 0 bridgehead atoms. The summed E-state index contributed by atoms with van der Waals surface area (Å²) in [4.78, 5) is 4.56. The van der Waals surface area contributed by atoms with Crippen LogP contribution < -0.4 is 19.5 Å². The minimum Gasteiger partial charge on any atom is -0.532 e. The Balaban J connectivity index is 1.65. The van der Waals surface area contributed by atoms with Gasteiger partial charge >= 0.3 is 9.04 Å². The molecule has 0 amide bonds. The molecule has 1 radical (unpaired) electrons. The van der Waals surface area contributed by atoms with E-state index in [1.54, 1.807) is 6.20 Å². The summed E-state index contributed by atoms with van der Waals surface area (Å²) in [6.45, 7) is 9.24. The molecule has 1 heterocycles. The third-order valence-electron chi connectivity index (χ3n) is 6.94. The van der Waals surface area contributed by atoms with Crippen molar-refractivity contribution in [2.75, 3.05) is 6.61 Å². The lowest BCUT2D eigenvalue weighted by atomic mass is 9.85. The van der Waals surface area contributed by atoms with E-state index in [0.717, 1.165) is 28.8 Å². The molecular formula is C35H41FNO2Si. The van der Waals surface area contributed by atoms with Crippen LogP contribution in [0.15, 0.2) is 91.1 Å². The van der Waals surface area contributed by atoms with Crippen molar-refractivity contribution in [3.05, 3.63) is 103 Å². The fourth-order valence-electron chi connectivity index (χ4n) is 4.76. The van der Waals surface area contributed by atoms with Gasteiger partial charge in [0.15, 0.2) is 5.82 Å². The quantitative estimate of drug-likeness (QED) is 0.124. The second kappa shape index (κ2) is 14.3. The van der Waals surface area contributed by atoms with Crippen molar-refractivity contribution in [1.82, 2.24) is 4.98 Å². The van der Waals surface area contributed by atoms with E-state index in [1.165, 1.54) is 31.7 Å². The lowest BCUT2D eigenvalue weighted by Crippen LogP contribution is -2.47. The predicted molar refractivity (Wildman–Crippen MR) is 166 cm³/mol. The van der Waals surface area contributed by atoms with Crippen molar-refractivity contribution >= 4 is 19.4 Å². The topological polar surface area (TPSA) is 31.4 Å². The number of hydrogen-bond acceptors (Lipinski definition) is 3. The van der Waals surface area contributed by atoms with Crippen molar-refractivity contribution in [2.45, 2.75) is 71.6 Å². The van der Waals surface area contributed by atoms with Gasteiger partial charge in [0.25, 0.3) is 0 Å². The second-order valence-electron chi connectivity index (χ2n) is 11.2. The van der Waals surface area contributed by atoms with E-state index in [9.17, 15) is 0 Å². The molecule has 0 aliphatic rings. The van der Waals surface area contributed by atoms with E-state index in [-0.39, 0.29) is 11.1 Å². The van der Waals surface area contributed by atoms with Gasteiger partial charge in [-0.25, -0.2) is 9.37 Å². The van der Waals surface area contributed by atoms with E-state index in [0.29, 0.717) is 23.7 Å². The van der Waals surface area contributed by atoms with E-state index in [4.69, 9.17) is 9.16 Å². The Hall–Kier alpha value is -3.44. The van der Waals surface area contributed by atoms with Crippen LogP contribution in [0.5, 0.6) is 11.5 Å². The molecule has 0 aliphatic carbocycles. The highest BCUT2D eigenvalue weighted by atomic mass is 28.3. The first-order chi connectivity index (χ1) is 19.4. The van der Waals surface area contributed by atoms with Crippen molar-refractivity contribution in [3.63, 3.8) is 0 Å². The Bertz CT molecular complexity index is 1300. The Kier molecular flexibility index (Phi) is 10.5. The minimum absolute atomic E-state index is 0.220. The van der Waals surface area contributed by atoms with Crippen LogP contribution in [-0.4, -0.2) is 20.6 Å². The first-order valence-electron chi connectivity index (χ1n) is 14.5. The number of benzene rings is 3. The fraction of sp³-hybridized carbons (Fsp3) is 0.343. The van der Waals surface area contributed by atoms with Gasteiger partial charge < -0.3 is 9.16 Å². The summed E-state index contributed by atoms with van der Waals surface area (Å²) >= 11 is 0. The molecule has 4 rings (SSSR count). The van der Waals surface area contributed by atoms with Crippen molar-refractivity contribution in [2.24, 2.45) is 0 Å². The molecule has 0 saturated carbocycles. The molecule has 209 valence electrons. The average molecular weight is 555 g/mol. The number of halogens is 1. The molecule has 1 aromatic heterocycles. The maximum absolute atomic E-state index is 15.7. The summed E-state index contributed by atoms with van der Waals surface area (Å²) < 4.78 is 28.5. The molecule has 4 aromatic rings. The first-order valence-corrected chi connectivity index (χ1v) is 15.9. The summed E-state index contributed by atoms with van der Waals surface area (Å²) in [5.74, 6) is 0.732. The van der Waals surface area contributed by atoms with Gasteiger partial charge in [0.05, 0.1) is 12.8 Å². The molecular weight excluding hydrogens is 513 g/mol. The summed E-state index contributed by atoms with van der Waals surface area (Å²) in [7, 11) is -1.68. The molecule has 0 aliphatic heterocycles. The number of nitrogens with zero attached hydrogens (tertiary/aromatic N) is 1. The molecule has 0 saturated heterocycles. The molecule has 0 unspecified atom stereocenters. The van der Waals surface area contributed by atoms with Crippen LogP contribution >= 0.6 is 0 Å². The number of hydrogen-bond donors (Lipinski definition) is 0. The van der Waals surface area contributed by atoms with Crippen LogP contribution in [0.25, 0.3) is 11.3 Å². The maximum Gasteiger partial charge on any atom is 0.352 e. The van der Waals surface area contributed by atoms with Gasteiger partial charge in [-0.3, -0.25) is 0 Å². The molecule has 0 N–H and O–H groups in total. The second-order valence-corrected chi connectivity index (χ2v) is 13.2. The normalized spacial score (nSPS) is 11.6. The standard InChI is InChI=1S/C35H41FNO2Si/c1-5-6-7-8-9-16-24-38-27-25-32(36)33(37-26-27)30-22-17-23-31(35(2,3)4)34(30)39-40(28-18-12-10-13-19-28)29-20-14-11-15-21-29/h10-15,17-23,25-26H,5-9,16,24H2,1-4H3. The Morgan fingerprint density at radius 3 is 2.00 bits per heavy atom. The molecule has 0 atom stereocenters. The molecule has 5 heteroatoms. The smallest absolute Gasteiger partial charge is 0.352 e. The van der Waals surface area contributed by atoms with Crippen LogP contribution in [0.3, 0.4) is 0 Å². The van der Waals surface area contributed by atoms with Gasteiger partial charge in [-0.05, 0) is 33.8 Å². The van der Waals surface area contributed by atoms with Crippen LogP contribution in [0.1, 0.15) is 71.8 Å². The lowest BCUT2D eigenvalue weighted by Gasteiger charge is -2.28. The van der Waals surface area contributed by atoms with Crippen molar-refractivity contribution < 1.29 is 13.6 Å². The summed E-state index contributed by atoms with van der Waals surface area (Å²) in [6, 6.07) is 28.0. The monoisotopic (exact) mass is 554 g/mol. The zero-order valence-electron chi connectivity index (χ0n) is 24.3. The van der Waals surface area contributed by atoms with Crippen LogP contribution in [-0.2, 0) is 5.41 Å². The third-order valence-corrected chi connectivity index (χ3v) is 9.06. The number of unbranched alkanes of at least 4 members (excludes halogenated alkanes) is 5. The number of para-hydroxylation sites is 1. The van der Waals surface area contributed by atoms with E-state index in [1.807, 2.05) is 48.5 Å².